The van der Waals surface area contributed by atoms with E-state index in [0.717, 1.165) is 32.7 Å². The molecule has 0 amide bonds. The van der Waals surface area contributed by atoms with Crippen molar-refractivity contribution in [1.29, 1.82) is 0 Å². The quantitative estimate of drug-likeness (QED) is 0.452. The van der Waals surface area contributed by atoms with Crippen molar-refractivity contribution >= 4 is 42.4 Å². The van der Waals surface area contributed by atoms with Gasteiger partial charge in [-0.1, -0.05) is 30.3 Å². The van der Waals surface area contributed by atoms with Gasteiger partial charge in [0.25, 0.3) is 10.1 Å². The van der Waals surface area contributed by atoms with E-state index in [1.807, 2.05) is 37.3 Å². The average molecular weight is 326 g/mol. The predicted molar refractivity (Wildman–Crippen MR) is 91.1 cm³/mol. The third-order valence-corrected chi connectivity index (χ3v) is 5.07. The molecule has 4 nitrogen and oxygen atoms in total. The Labute approximate surface area is 133 Å². The highest BCUT2D eigenvalue weighted by Crippen LogP contribution is 2.40. The topological polar surface area (TPSA) is 63.6 Å². The zero-order valence-corrected chi connectivity index (χ0v) is 13.2. The number of benzene rings is 4. The fourth-order valence-electron chi connectivity index (χ4n) is 3.25. The van der Waals surface area contributed by atoms with Crippen LogP contribution >= 0.6 is 0 Å². The predicted octanol–water partition coefficient (Wildman–Crippen LogP) is 4.23. The summed E-state index contributed by atoms with van der Waals surface area (Å²) in [6, 6.07) is 14.6. The fraction of sp³-hybridized carbons (Fsp3) is 0.111. The van der Waals surface area contributed by atoms with E-state index < -0.39 is 10.1 Å². The van der Waals surface area contributed by atoms with Crippen LogP contribution in [0.25, 0.3) is 32.3 Å². The number of hydrogen-bond acceptors (Lipinski definition) is 3. The molecule has 0 aliphatic heterocycles. The third kappa shape index (κ3) is 2.04. The molecule has 0 aliphatic carbocycles. The molecule has 0 aliphatic rings. The first-order chi connectivity index (χ1) is 11.0. The average Bonchev–Trinajstić information content (AvgIpc) is 2.53. The molecule has 5 heteroatoms. The first kappa shape index (κ1) is 14.2. The standard InChI is InChI=1S/C18H14O4S/c1-2-22-15-9-5-11-3-4-12-6-10-16(23(19,20)21)14-8-7-13(15)17(11)18(12)14/h3-10H,2H2,1H3,(H,19,20,21). The Kier molecular flexibility index (Phi) is 2.98. The van der Waals surface area contributed by atoms with E-state index in [1.165, 1.54) is 6.07 Å². The van der Waals surface area contributed by atoms with E-state index in [0.29, 0.717) is 12.0 Å². The Morgan fingerprint density at radius 2 is 1.43 bits per heavy atom. The molecule has 0 atom stereocenters. The van der Waals surface area contributed by atoms with Gasteiger partial charge in [-0.25, -0.2) is 0 Å². The Morgan fingerprint density at radius 3 is 2.09 bits per heavy atom. The molecule has 4 aromatic rings. The molecule has 0 radical (unpaired) electrons. The van der Waals surface area contributed by atoms with Crippen molar-refractivity contribution in [2.45, 2.75) is 11.8 Å². The summed E-state index contributed by atoms with van der Waals surface area (Å²) in [6.45, 7) is 2.48. The van der Waals surface area contributed by atoms with E-state index in [1.54, 1.807) is 12.1 Å². The molecular formula is C18H14O4S. The normalized spacial score (nSPS) is 12.4. The lowest BCUT2D eigenvalue weighted by molar-refractivity contribution is 0.344. The van der Waals surface area contributed by atoms with E-state index in [4.69, 9.17) is 4.74 Å². The van der Waals surface area contributed by atoms with Crippen LogP contribution < -0.4 is 4.74 Å². The van der Waals surface area contributed by atoms with Crippen LogP contribution in [0.5, 0.6) is 5.75 Å². The zero-order chi connectivity index (χ0) is 16.2. The van der Waals surface area contributed by atoms with Gasteiger partial charge in [-0.2, -0.15) is 8.42 Å². The molecule has 23 heavy (non-hydrogen) atoms. The lowest BCUT2D eigenvalue weighted by atomic mass is 9.94. The Balaban J connectivity index is 2.27. The van der Waals surface area contributed by atoms with Crippen molar-refractivity contribution in [2.24, 2.45) is 0 Å². The second-order valence-corrected chi connectivity index (χ2v) is 6.85. The van der Waals surface area contributed by atoms with Gasteiger partial charge >= 0.3 is 0 Å². The Bertz CT molecular complexity index is 1150. The van der Waals surface area contributed by atoms with Gasteiger partial charge in [0.15, 0.2) is 0 Å². The molecule has 0 saturated heterocycles. The van der Waals surface area contributed by atoms with Gasteiger partial charge in [0.05, 0.1) is 6.61 Å². The summed E-state index contributed by atoms with van der Waals surface area (Å²) in [5.41, 5.74) is 0. The highest BCUT2D eigenvalue weighted by Gasteiger charge is 2.18. The van der Waals surface area contributed by atoms with Crippen molar-refractivity contribution in [1.82, 2.24) is 0 Å². The maximum absolute atomic E-state index is 11.7. The summed E-state index contributed by atoms with van der Waals surface area (Å²) >= 11 is 0. The molecule has 4 aromatic carbocycles. The lowest BCUT2D eigenvalue weighted by Gasteiger charge is -2.15. The maximum Gasteiger partial charge on any atom is 0.295 e. The minimum absolute atomic E-state index is 0.0683. The van der Waals surface area contributed by atoms with Gasteiger partial charge in [-0.05, 0) is 41.3 Å². The molecule has 0 fully saturated rings. The van der Waals surface area contributed by atoms with Crippen LogP contribution in [0.4, 0.5) is 0 Å². The highest BCUT2D eigenvalue weighted by molar-refractivity contribution is 7.86. The lowest BCUT2D eigenvalue weighted by Crippen LogP contribution is -2.00. The molecule has 0 heterocycles. The van der Waals surface area contributed by atoms with Gasteiger partial charge < -0.3 is 4.74 Å². The molecule has 0 aromatic heterocycles. The minimum Gasteiger partial charge on any atom is -0.493 e. The Hall–Kier alpha value is -2.37. The van der Waals surface area contributed by atoms with Crippen molar-refractivity contribution in [3.63, 3.8) is 0 Å². The zero-order valence-electron chi connectivity index (χ0n) is 12.4. The molecule has 0 saturated carbocycles. The number of hydrogen-bond donors (Lipinski definition) is 1. The minimum atomic E-state index is -4.28. The molecule has 116 valence electrons. The first-order valence-electron chi connectivity index (χ1n) is 7.31. The van der Waals surface area contributed by atoms with Crippen LogP contribution in [-0.2, 0) is 10.1 Å². The Morgan fingerprint density at radius 1 is 0.870 bits per heavy atom. The second-order valence-electron chi connectivity index (χ2n) is 5.46. The summed E-state index contributed by atoms with van der Waals surface area (Å²) in [4.78, 5) is -0.0683. The van der Waals surface area contributed by atoms with Gasteiger partial charge in [0, 0.05) is 16.2 Å². The van der Waals surface area contributed by atoms with E-state index in [-0.39, 0.29) is 4.90 Å². The first-order valence-corrected chi connectivity index (χ1v) is 8.75. The summed E-state index contributed by atoms with van der Waals surface area (Å²) in [5.74, 6) is 0.770. The van der Waals surface area contributed by atoms with Gasteiger partial charge in [-0.15, -0.1) is 0 Å². The van der Waals surface area contributed by atoms with Crippen LogP contribution in [0.1, 0.15) is 6.92 Å². The molecular weight excluding hydrogens is 312 g/mol. The van der Waals surface area contributed by atoms with Crippen molar-refractivity contribution in [3.8, 4) is 5.75 Å². The van der Waals surface area contributed by atoms with Crippen LogP contribution in [0.2, 0.25) is 0 Å². The monoisotopic (exact) mass is 326 g/mol. The largest absolute Gasteiger partial charge is 0.493 e. The van der Waals surface area contributed by atoms with E-state index in [9.17, 15) is 13.0 Å². The van der Waals surface area contributed by atoms with Crippen molar-refractivity contribution < 1.29 is 17.7 Å². The van der Waals surface area contributed by atoms with Crippen LogP contribution in [0.15, 0.2) is 53.4 Å². The van der Waals surface area contributed by atoms with Gasteiger partial charge in [0.2, 0.25) is 0 Å². The molecule has 4 rings (SSSR count). The number of ether oxygens (including phenoxy) is 1. The molecule has 1 N–H and O–H groups in total. The summed E-state index contributed by atoms with van der Waals surface area (Å²) in [5, 5.41) is 5.19. The van der Waals surface area contributed by atoms with Crippen LogP contribution in [0, 0.1) is 0 Å². The third-order valence-electron chi connectivity index (χ3n) is 4.16. The summed E-state index contributed by atoms with van der Waals surface area (Å²) < 4.78 is 38.6. The summed E-state index contributed by atoms with van der Waals surface area (Å²) in [6.07, 6.45) is 0. The number of rotatable bonds is 3. The van der Waals surface area contributed by atoms with Crippen molar-refractivity contribution in [2.75, 3.05) is 6.61 Å². The SMILES string of the molecule is CCOc1ccc2ccc3ccc(S(=O)(=O)O)c4ccc1c2c34. The molecule has 0 spiro atoms. The second kappa shape index (κ2) is 4.81. The van der Waals surface area contributed by atoms with Gasteiger partial charge in [-0.3, -0.25) is 4.55 Å². The highest BCUT2D eigenvalue weighted by atomic mass is 32.2. The van der Waals surface area contributed by atoms with Crippen LogP contribution in [0.3, 0.4) is 0 Å². The molecule has 0 unspecified atom stereocenters. The maximum atomic E-state index is 11.7. The van der Waals surface area contributed by atoms with Gasteiger partial charge in [0.1, 0.15) is 10.6 Å². The summed E-state index contributed by atoms with van der Waals surface area (Å²) in [7, 11) is -4.28. The van der Waals surface area contributed by atoms with E-state index in [2.05, 4.69) is 0 Å². The smallest absolute Gasteiger partial charge is 0.295 e. The fourth-order valence-corrected chi connectivity index (χ4v) is 3.94. The van der Waals surface area contributed by atoms with Crippen molar-refractivity contribution in [3.05, 3.63) is 48.5 Å². The van der Waals surface area contributed by atoms with E-state index >= 15 is 0 Å². The molecule has 0 bridgehead atoms. The van der Waals surface area contributed by atoms with Crippen LogP contribution in [-0.4, -0.2) is 19.6 Å².